The summed E-state index contributed by atoms with van der Waals surface area (Å²) in [7, 11) is 1.79. The first-order valence-electron chi connectivity index (χ1n) is 8.52. The molecule has 0 unspecified atom stereocenters. The monoisotopic (exact) mass is 422 g/mol. The van der Waals surface area contributed by atoms with Gasteiger partial charge in [-0.15, -0.1) is 24.0 Å². The Bertz CT molecular complexity index is 352. The Labute approximate surface area is 151 Å². The Balaban J connectivity index is 0.00000242. The molecular weight excluding hydrogens is 391 g/mol. The van der Waals surface area contributed by atoms with Gasteiger partial charge in [-0.1, -0.05) is 25.7 Å². The summed E-state index contributed by atoms with van der Waals surface area (Å²) < 4.78 is 0. The summed E-state index contributed by atoms with van der Waals surface area (Å²) in [6, 6.07) is 0. The zero-order valence-corrected chi connectivity index (χ0v) is 16.0. The van der Waals surface area contributed by atoms with Crippen LogP contribution in [0.3, 0.4) is 0 Å². The molecule has 2 aliphatic carbocycles. The maximum Gasteiger partial charge on any atom is 0.223 e. The number of nitrogens with one attached hydrogen (secondary N) is 3. The predicted octanol–water partition coefficient (Wildman–Crippen LogP) is 2.27. The first-order valence-corrected chi connectivity index (χ1v) is 8.52. The molecule has 128 valence electrons. The largest absolute Gasteiger partial charge is 0.356 e. The van der Waals surface area contributed by atoms with E-state index < -0.39 is 0 Å². The highest BCUT2D eigenvalue weighted by atomic mass is 127. The van der Waals surface area contributed by atoms with Crippen molar-refractivity contribution in [1.82, 2.24) is 16.0 Å². The number of aliphatic imine (C=N–C) groups is 1. The molecule has 0 radical (unpaired) electrons. The lowest BCUT2D eigenvalue weighted by Crippen LogP contribution is -2.42. The van der Waals surface area contributed by atoms with Crippen molar-refractivity contribution in [2.45, 2.75) is 51.4 Å². The van der Waals surface area contributed by atoms with E-state index in [1.54, 1.807) is 7.05 Å². The van der Waals surface area contributed by atoms with Crippen molar-refractivity contribution in [3.63, 3.8) is 0 Å². The van der Waals surface area contributed by atoms with Crippen LogP contribution in [0.2, 0.25) is 0 Å². The average molecular weight is 422 g/mol. The van der Waals surface area contributed by atoms with Crippen molar-refractivity contribution < 1.29 is 4.79 Å². The van der Waals surface area contributed by atoms with Crippen LogP contribution >= 0.6 is 24.0 Å². The Morgan fingerprint density at radius 3 is 2.27 bits per heavy atom. The molecule has 0 aromatic carbocycles. The lowest BCUT2D eigenvalue weighted by atomic mass is 10.0. The highest BCUT2D eigenvalue weighted by molar-refractivity contribution is 14.0. The van der Waals surface area contributed by atoms with Gasteiger partial charge in [0.2, 0.25) is 5.91 Å². The van der Waals surface area contributed by atoms with Gasteiger partial charge >= 0.3 is 0 Å². The fourth-order valence-corrected chi connectivity index (χ4v) is 2.97. The van der Waals surface area contributed by atoms with E-state index in [0.29, 0.717) is 6.54 Å². The van der Waals surface area contributed by atoms with E-state index in [1.165, 1.54) is 38.5 Å². The molecule has 0 aromatic heterocycles. The van der Waals surface area contributed by atoms with E-state index in [2.05, 4.69) is 20.9 Å². The first kappa shape index (κ1) is 19.5. The summed E-state index contributed by atoms with van der Waals surface area (Å²) in [5.74, 6) is 2.29. The Morgan fingerprint density at radius 1 is 1.00 bits per heavy atom. The third-order valence-corrected chi connectivity index (χ3v) is 4.44. The van der Waals surface area contributed by atoms with Gasteiger partial charge in [-0.2, -0.15) is 0 Å². The molecule has 1 amide bonds. The van der Waals surface area contributed by atoms with Gasteiger partial charge in [-0.25, -0.2) is 0 Å². The maximum atomic E-state index is 11.5. The molecule has 2 rings (SSSR count). The summed E-state index contributed by atoms with van der Waals surface area (Å²) in [5, 5.41) is 9.52. The molecule has 22 heavy (non-hydrogen) atoms. The lowest BCUT2D eigenvalue weighted by Gasteiger charge is -2.13. The zero-order valence-electron chi connectivity index (χ0n) is 13.7. The molecule has 6 heteroatoms. The van der Waals surface area contributed by atoms with E-state index in [1.807, 2.05) is 0 Å². The summed E-state index contributed by atoms with van der Waals surface area (Å²) in [6.07, 6.45) is 10.4. The number of amides is 1. The van der Waals surface area contributed by atoms with E-state index in [0.717, 1.165) is 37.8 Å². The molecule has 2 fully saturated rings. The van der Waals surface area contributed by atoms with E-state index >= 15 is 0 Å². The molecule has 0 aromatic rings. The number of rotatable bonds is 8. The fourth-order valence-electron chi connectivity index (χ4n) is 2.97. The second-order valence-corrected chi connectivity index (χ2v) is 6.28. The molecule has 0 aliphatic heterocycles. The lowest BCUT2D eigenvalue weighted by molar-refractivity contribution is -0.122. The van der Waals surface area contributed by atoms with Gasteiger partial charge in [-0.3, -0.25) is 9.79 Å². The molecule has 0 heterocycles. The number of nitrogens with zero attached hydrogens (tertiary/aromatic N) is 1. The van der Waals surface area contributed by atoms with Gasteiger partial charge in [-0.05, 0) is 31.6 Å². The number of carbonyl (C=O) groups excluding carboxylic acids is 1. The van der Waals surface area contributed by atoms with Crippen LogP contribution in [0.15, 0.2) is 4.99 Å². The molecule has 0 bridgehead atoms. The highest BCUT2D eigenvalue weighted by Crippen LogP contribution is 2.28. The van der Waals surface area contributed by atoms with Crippen LogP contribution in [0.1, 0.15) is 51.4 Å². The fraction of sp³-hybridized carbons (Fsp3) is 0.875. The van der Waals surface area contributed by atoms with Crippen LogP contribution in [0.5, 0.6) is 0 Å². The summed E-state index contributed by atoms with van der Waals surface area (Å²) in [5.41, 5.74) is 0. The van der Waals surface area contributed by atoms with Crippen molar-refractivity contribution in [1.29, 1.82) is 0 Å². The number of hydrogen-bond donors (Lipinski definition) is 3. The van der Waals surface area contributed by atoms with E-state index in [-0.39, 0.29) is 35.8 Å². The second-order valence-electron chi connectivity index (χ2n) is 6.28. The molecule has 0 atom stereocenters. The van der Waals surface area contributed by atoms with Crippen molar-refractivity contribution in [2.24, 2.45) is 16.8 Å². The minimum Gasteiger partial charge on any atom is -0.356 e. The van der Waals surface area contributed by atoms with Crippen LogP contribution < -0.4 is 16.0 Å². The Kier molecular flexibility index (Phi) is 9.82. The average Bonchev–Trinajstić information content (AvgIpc) is 3.23. The van der Waals surface area contributed by atoms with Gasteiger partial charge in [0.25, 0.3) is 0 Å². The number of hydrogen-bond acceptors (Lipinski definition) is 2. The summed E-state index contributed by atoms with van der Waals surface area (Å²) in [6.45, 7) is 2.36. The number of guanidine groups is 1. The predicted molar refractivity (Wildman–Crippen MR) is 102 cm³/mol. The smallest absolute Gasteiger partial charge is 0.223 e. The molecule has 2 saturated carbocycles. The Morgan fingerprint density at radius 2 is 1.64 bits per heavy atom. The van der Waals surface area contributed by atoms with E-state index in [9.17, 15) is 4.79 Å². The summed E-state index contributed by atoms with van der Waals surface area (Å²) >= 11 is 0. The van der Waals surface area contributed by atoms with Crippen molar-refractivity contribution in [3.8, 4) is 0 Å². The van der Waals surface area contributed by atoms with Crippen LogP contribution in [-0.4, -0.2) is 38.5 Å². The maximum absolute atomic E-state index is 11.5. The quantitative estimate of drug-likeness (QED) is 0.243. The topological polar surface area (TPSA) is 65.5 Å². The molecule has 3 N–H and O–H groups in total. The first-order chi connectivity index (χ1) is 10.3. The molecule has 5 nitrogen and oxygen atoms in total. The number of carbonyl (C=O) groups is 1. The Hall–Kier alpha value is -0.530. The van der Waals surface area contributed by atoms with Crippen molar-refractivity contribution in [3.05, 3.63) is 0 Å². The van der Waals surface area contributed by atoms with Crippen molar-refractivity contribution >= 4 is 35.8 Å². The molecular formula is C16H31IN4O. The van der Waals surface area contributed by atoms with E-state index in [4.69, 9.17) is 0 Å². The third kappa shape index (κ3) is 7.65. The SMILES string of the molecule is CN=C(NCCCC1CCCC1)NCCNC(=O)C1CC1.I. The third-order valence-electron chi connectivity index (χ3n) is 4.44. The van der Waals surface area contributed by atoms with Crippen molar-refractivity contribution in [2.75, 3.05) is 26.7 Å². The zero-order chi connectivity index (χ0) is 14.9. The second kappa shape index (κ2) is 11.1. The van der Waals surface area contributed by atoms with Crippen LogP contribution in [0, 0.1) is 11.8 Å². The molecule has 0 saturated heterocycles. The van der Waals surface area contributed by atoms with Crippen LogP contribution in [0.25, 0.3) is 0 Å². The van der Waals surface area contributed by atoms with Crippen LogP contribution in [-0.2, 0) is 4.79 Å². The number of halogens is 1. The van der Waals surface area contributed by atoms with Gasteiger partial charge in [0, 0.05) is 32.6 Å². The standard InChI is InChI=1S/C16H30N4O.HI/c1-17-16(19-10-4-7-13-5-2-3-6-13)20-12-11-18-15(21)14-8-9-14;/h13-14H,2-12H2,1H3,(H,18,21)(H2,17,19,20);1H. The minimum absolute atomic E-state index is 0. The van der Waals surface area contributed by atoms with Gasteiger partial charge < -0.3 is 16.0 Å². The van der Waals surface area contributed by atoms with Gasteiger partial charge in [0.15, 0.2) is 5.96 Å². The minimum atomic E-state index is 0. The molecule has 2 aliphatic rings. The summed E-state index contributed by atoms with van der Waals surface area (Å²) in [4.78, 5) is 15.7. The van der Waals surface area contributed by atoms with Gasteiger partial charge in [0.1, 0.15) is 0 Å². The van der Waals surface area contributed by atoms with Crippen LogP contribution in [0.4, 0.5) is 0 Å². The normalized spacial score (nSPS) is 18.7. The van der Waals surface area contributed by atoms with Gasteiger partial charge in [0.05, 0.1) is 0 Å². The molecule has 0 spiro atoms. The highest BCUT2D eigenvalue weighted by Gasteiger charge is 2.28.